The predicted molar refractivity (Wildman–Crippen MR) is 114 cm³/mol. The van der Waals surface area contributed by atoms with Crippen molar-refractivity contribution in [3.8, 4) is 0 Å². The van der Waals surface area contributed by atoms with E-state index in [2.05, 4.69) is 10.6 Å². The number of esters is 1. The molecule has 7 nitrogen and oxygen atoms in total. The van der Waals surface area contributed by atoms with Crippen LogP contribution in [0.15, 0.2) is 83.5 Å². The van der Waals surface area contributed by atoms with E-state index in [9.17, 15) is 14.4 Å². The summed E-state index contributed by atoms with van der Waals surface area (Å²) in [7, 11) is 0. The second-order valence-corrected chi connectivity index (χ2v) is 6.89. The Morgan fingerprint density at radius 2 is 1.55 bits per heavy atom. The molecule has 2 aromatic carbocycles. The minimum atomic E-state index is -0.961. The summed E-state index contributed by atoms with van der Waals surface area (Å²) in [6, 6.07) is 21.1. The van der Waals surface area contributed by atoms with E-state index >= 15 is 0 Å². The Morgan fingerprint density at radius 3 is 2.19 bits per heavy atom. The molecule has 160 valence electrons. The van der Waals surface area contributed by atoms with Crippen LogP contribution >= 0.6 is 0 Å². The number of hydrogen-bond acceptors (Lipinski definition) is 5. The highest BCUT2D eigenvalue weighted by Crippen LogP contribution is 2.07. The number of benzene rings is 2. The van der Waals surface area contributed by atoms with Crippen molar-refractivity contribution >= 4 is 17.8 Å². The zero-order chi connectivity index (χ0) is 21.9. The second-order valence-electron chi connectivity index (χ2n) is 6.89. The summed E-state index contributed by atoms with van der Waals surface area (Å²) in [5.74, 6) is -1.54. The van der Waals surface area contributed by atoms with Gasteiger partial charge in [0.15, 0.2) is 12.4 Å². The summed E-state index contributed by atoms with van der Waals surface area (Å²) in [5, 5.41) is 5.34. The first-order chi connectivity index (χ1) is 15.1. The van der Waals surface area contributed by atoms with Gasteiger partial charge in [-0.3, -0.25) is 9.59 Å². The molecule has 1 atom stereocenters. The number of rotatable bonds is 10. The third kappa shape index (κ3) is 7.15. The Hall–Kier alpha value is -3.87. The van der Waals surface area contributed by atoms with E-state index in [4.69, 9.17) is 9.15 Å². The van der Waals surface area contributed by atoms with Gasteiger partial charge in [0, 0.05) is 13.0 Å². The average Bonchev–Trinajstić information content (AvgIpc) is 3.34. The Labute approximate surface area is 180 Å². The zero-order valence-electron chi connectivity index (χ0n) is 17.0. The number of furan rings is 1. The van der Waals surface area contributed by atoms with Gasteiger partial charge in [-0.1, -0.05) is 60.7 Å². The van der Waals surface area contributed by atoms with Crippen LogP contribution in [0.2, 0.25) is 0 Å². The lowest BCUT2D eigenvalue weighted by Gasteiger charge is -2.17. The lowest BCUT2D eigenvalue weighted by atomic mass is 10.1. The normalized spacial score (nSPS) is 11.4. The number of ether oxygens (including phenoxy) is 1. The topological polar surface area (TPSA) is 97.6 Å². The standard InChI is InChI=1S/C24H24N2O5/c27-22(25-14-13-18-8-3-1-4-9-18)17-31-24(29)20(16-19-10-5-2-6-11-19)26-23(28)21-12-7-15-30-21/h1-12,15,20H,13-14,16-17H2,(H,25,27)(H,26,28)/t20-/m0/s1. The molecule has 0 radical (unpaired) electrons. The molecule has 31 heavy (non-hydrogen) atoms. The molecule has 0 spiro atoms. The molecule has 0 aliphatic rings. The first kappa shape index (κ1) is 21.8. The highest BCUT2D eigenvalue weighted by atomic mass is 16.5. The van der Waals surface area contributed by atoms with Crippen molar-refractivity contribution in [2.24, 2.45) is 0 Å². The monoisotopic (exact) mass is 420 g/mol. The molecule has 2 amide bonds. The molecule has 7 heteroatoms. The molecule has 0 unspecified atom stereocenters. The van der Waals surface area contributed by atoms with Crippen LogP contribution in [-0.4, -0.2) is 37.0 Å². The second kappa shape index (κ2) is 11.3. The van der Waals surface area contributed by atoms with Gasteiger partial charge in [-0.25, -0.2) is 4.79 Å². The number of hydrogen-bond donors (Lipinski definition) is 2. The maximum atomic E-state index is 12.6. The predicted octanol–water partition coefficient (Wildman–Crippen LogP) is 2.52. The van der Waals surface area contributed by atoms with Crippen LogP contribution in [0.4, 0.5) is 0 Å². The van der Waals surface area contributed by atoms with Crippen LogP contribution < -0.4 is 10.6 Å². The van der Waals surface area contributed by atoms with Crippen LogP contribution in [-0.2, 0) is 27.2 Å². The molecule has 3 rings (SSSR count). The highest BCUT2D eigenvalue weighted by molar-refractivity contribution is 5.94. The van der Waals surface area contributed by atoms with Gasteiger partial charge in [0.2, 0.25) is 0 Å². The largest absolute Gasteiger partial charge is 0.459 e. The molecule has 0 bridgehead atoms. The van der Waals surface area contributed by atoms with Crippen molar-refractivity contribution < 1.29 is 23.5 Å². The van der Waals surface area contributed by atoms with Crippen molar-refractivity contribution in [2.75, 3.05) is 13.2 Å². The molecule has 0 aliphatic heterocycles. The lowest BCUT2D eigenvalue weighted by molar-refractivity contribution is -0.150. The molecule has 0 saturated heterocycles. The van der Waals surface area contributed by atoms with E-state index < -0.39 is 30.4 Å². The molecule has 2 N–H and O–H groups in total. The number of carbonyl (C=O) groups excluding carboxylic acids is 3. The highest BCUT2D eigenvalue weighted by Gasteiger charge is 2.25. The molecular weight excluding hydrogens is 396 g/mol. The van der Waals surface area contributed by atoms with Crippen molar-refractivity contribution in [2.45, 2.75) is 18.9 Å². The number of carbonyl (C=O) groups is 3. The Bertz CT molecular complexity index is 972. The van der Waals surface area contributed by atoms with Crippen molar-refractivity contribution in [3.05, 3.63) is 95.9 Å². The first-order valence-electron chi connectivity index (χ1n) is 9.97. The first-order valence-corrected chi connectivity index (χ1v) is 9.97. The van der Waals surface area contributed by atoms with E-state index in [1.807, 2.05) is 60.7 Å². The van der Waals surface area contributed by atoms with Gasteiger partial charge in [-0.15, -0.1) is 0 Å². The smallest absolute Gasteiger partial charge is 0.329 e. The third-order valence-electron chi connectivity index (χ3n) is 4.54. The number of amides is 2. The van der Waals surface area contributed by atoms with Gasteiger partial charge in [0.1, 0.15) is 6.04 Å². The van der Waals surface area contributed by atoms with Crippen molar-refractivity contribution in [1.82, 2.24) is 10.6 Å². The van der Waals surface area contributed by atoms with Crippen molar-refractivity contribution in [3.63, 3.8) is 0 Å². The maximum Gasteiger partial charge on any atom is 0.329 e. The van der Waals surface area contributed by atoms with Crippen LogP contribution in [0, 0.1) is 0 Å². The minimum absolute atomic E-state index is 0.0875. The SMILES string of the molecule is O=C(COC(=O)[C@H](Cc1ccccc1)NC(=O)c1ccco1)NCCc1ccccc1. The molecule has 1 aromatic heterocycles. The van der Waals surface area contributed by atoms with Crippen LogP contribution in [0.5, 0.6) is 0 Å². The van der Waals surface area contributed by atoms with E-state index in [1.54, 1.807) is 6.07 Å². The molecule has 0 saturated carbocycles. The fraction of sp³-hybridized carbons (Fsp3) is 0.208. The van der Waals surface area contributed by atoms with E-state index in [1.165, 1.54) is 12.3 Å². The molecule has 1 heterocycles. The summed E-state index contributed by atoms with van der Waals surface area (Å²) in [4.78, 5) is 37.0. The Kier molecular flexibility index (Phi) is 7.99. The zero-order valence-corrected chi connectivity index (χ0v) is 17.0. The summed E-state index contributed by atoms with van der Waals surface area (Å²) in [6.45, 7) is 0.0125. The van der Waals surface area contributed by atoms with E-state index in [0.29, 0.717) is 13.0 Å². The maximum absolute atomic E-state index is 12.6. The van der Waals surface area contributed by atoms with E-state index in [0.717, 1.165) is 11.1 Å². The van der Waals surface area contributed by atoms with Gasteiger partial charge in [-0.05, 0) is 29.7 Å². The van der Waals surface area contributed by atoms with Gasteiger partial charge < -0.3 is 19.8 Å². The average molecular weight is 420 g/mol. The number of nitrogens with one attached hydrogen (secondary N) is 2. The lowest BCUT2D eigenvalue weighted by Crippen LogP contribution is -2.44. The molecular formula is C24H24N2O5. The minimum Gasteiger partial charge on any atom is -0.459 e. The van der Waals surface area contributed by atoms with Gasteiger partial charge >= 0.3 is 5.97 Å². The summed E-state index contributed by atoms with van der Waals surface area (Å²) >= 11 is 0. The van der Waals surface area contributed by atoms with Crippen LogP contribution in [0.25, 0.3) is 0 Å². The van der Waals surface area contributed by atoms with E-state index in [-0.39, 0.29) is 12.2 Å². The molecule has 0 fully saturated rings. The quantitative estimate of drug-likeness (QED) is 0.491. The fourth-order valence-corrected chi connectivity index (χ4v) is 2.96. The van der Waals surface area contributed by atoms with Gasteiger partial charge in [0.05, 0.1) is 6.26 Å². The molecule has 3 aromatic rings. The summed E-state index contributed by atoms with van der Waals surface area (Å²) in [6.07, 6.45) is 2.28. The van der Waals surface area contributed by atoms with Gasteiger partial charge in [0.25, 0.3) is 11.8 Å². The summed E-state index contributed by atoms with van der Waals surface area (Å²) < 4.78 is 10.2. The van der Waals surface area contributed by atoms with Gasteiger partial charge in [-0.2, -0.15) is 0 Å². The van der Waals surface area contributed by atoms with Crippen LogP contribution in [0.3, 0.4) is 0 Å². The fourth-order valence-electron chi connectivity index (χ4n) is 2.96. The Balaban J connectivity index is 1.52. The Morgan fingerprint density at radius 1 is 0.871 bits per heavy atom. The molecule has 0 aliphatic carbocycles. The van der Waals surface area contributed by atoms with Crippen molar-refractivity contribution in [1.29, 1.82) is 0 Å². The summed E-state index contributed by atoms with van der Waals surface area (Å²) in [5.41, 5.74) is 1.94. The third-order valence-corrected chi connectivity index (χ3v) is 4.54. The van der Waals surface area contributed by atoms with Crippen LogP contribution in [0.1, 0.15) is 21.7 Å².